The fraction of sp³-hybridized carbons (Fsp3) is 0.258. The monoisotopic (exact) mass is 560 g/mol. The van der Waals surface area contributed by atoms with Crippen molar-refractivity contribution >= 4 is 40.2 Å². The fourth-order valence-electron chi connectivity index (χ4n) is 4.33. The van der Waals surface area contributed by atoms with Gasteiger partial charge in [0.15, 0.2) is 0 Å². The minimum Gasteiger partial charge on any atom is -0.497 e. The van der Waals surface area contributed by atoms with Crippen molar-refractivity contribution in [1.29, 1.82) is 0 Å². The molecule has 8 nitrogen and oxygen atoms in total. The highest BCUT2D eigenvalue weighted by Crippen LogP contribution is 2.27. The fourth-order valence-corrected chi connectivity index (χ4v) is 4.46. The standard InChI is InChI=1S/C31H33ClN4O4/c1-31(2,3)35-29(38)28(21-11-15-24(40-4)16-12-21)36(19-27(37)33-18-20-9-13-23(32)14-10-20)30(39)26-17-22-7-5-6-8-25(22)34-26/h5-17,28,34H,18-19H2,1-4H3,(H,33,37)(H,35,38). The summed E-state index contributed by atoms with van der Waals surface area (Å²) in [5.74, 6) is -0.704. The Morgan fingerprint density at radius 1 is 0.975 bits per heavy atom. The summed E-state index contributed by atoms with van der Waals surface area (Å²) in [5, 5.41) is 7.27. The van der Waals surface area contributed by atoms with E-state index in [2.05, 4.69) is 15.6 Å². The molecule has 0 aliphatic rings. The van der Waals surface area contributed by atoms with E-state index in [9.17, 15) is 14.4 Å². The van der Waals surface area contributed by atoms with E-state index in [1.54, 1.807) is 49.6 Å². The molecule has 3 N–H and O–H groups in total. The van der Waals surface area contributed by atoms with E-state index in [4.69, 9.17) is 16.3 Å². The molecule has 0 saturated heterocycles. The second-order valence-electron chi connectivity index (χ2n) is 10.5. The highest BCUT2D eigenvalue weighted by Gasteiger charge is 2.35. The van der Waals surface area contributed by atoms with E-state index >= 15 is 0 Å². The molecular formula is C31H33ClN4O4. The molecule has 208 valence electrons. The zero-order valence-corrected chi connectivity index (χ0v) is 23.7. The van der Waals surface area contributed by atoms with Crippen LogP contribution in [-0.4, -0.2) is 46.8 Å². The van der Waals surface area contributed by atoms with Gasteiger partial charge in [0, 0.05) is 28.0 Å². The first-order valence-corrected chi connectivity index (χ1v) is 13.3. The maximum atomic E-state index is 14.1. The summed E-state index contributed by atoms with van der Waals surface area (Å²) in [6.45, 7) is 5.47. The highest BCUT2D eigenvalue weighted by atomic mass is 35.5. The topological polar surface area (TPSA) is 104 Å². The Bertz CT molecular complexity index is 1460. The van der Waals surface area contributed by atoms with E-state index in [0.717, 1.165) is 16.5 Å². The van der Waals surface area contributed by atoms with Crippen molar-refractivity contribution < 1.29 is 19.1 Å². The normalized spacial score (nSPS) is 12.0. The molecule has 3 aromatic carbocycles. The quantitative estimate of drug-likeness (QED) is 0.260. The van der Waals surface area contributed by atoms with Crippen LogP contribution in [-0.2, 0) is 16.1 Å². The summed E-state index contributed by atoms with van der Waals surface area (Å²) in [4.78, 5) is 45.5. The van der Waals surface area contributed by atoms with E-state index in [1.165, 1.54) is 4.90 Å². The van der Waals surface area contributed by atoms with Crippen molar-refractivity contribution in [2.24, 2.45) is 0 Å². The molecule has 4 rings (SSSR count). The molecule has 0 fully saturated rings. The summed E-state index contributed by atoms with van der Waals surface area (Å²) in [6, 6.07) is 22.1. The number of fused-ring (bicyclic) bond motifs is 1. The first kappa shape index (κ1) is 28.7. The zero-order chi connectivity index (χ0) is 28.9. The molecule has 1 aromatic heterocycles. The lowest BCUT2D eigenvalue weighted by atomic mass is 10.0. The number of rotatable bonds is 9. The van der Waals surface area contributed by atoms with Crippen LogP contribution in [0.1, 0.15) is 48.4 Å². The van der Waals surface area contributed by atoms with Crippen LogP contribution in [0.3, 0.4) is 0 Å². The third-order valence-corrected chi connectivity index (χ3v) is 6.48. The average molecular weight is 561 g/mol. The van der Waals surface area contributed by atoms with E-state index in [0.29, 0.717) is 16.3 Å². The molecule has 0 aliphatic heterocycles. The minimum atomic E-state index is -1.09. The van der Waals surface area contributed by atoms with E-state index < -0.39 is 29.3 Å². The third-order valence-electron chi connectivity index (χ3n) is 6.23. The zero-order valence-electron chi connectivity index (χ0n) is 23.0. The van der Waals surface area contributed by atoms with Crippen molar-refractivity contribution in [1.82, 2.24) is 20.5 Å². The van der Waals surface area contributed by atoms with Gasteiger partial charge in [-0.05, 0) is 68.3 Å². The summed E-state index contributed by atoms with van der Waals surface area (Å²) in [6.07, 6.45) is 0. The third kappa shape index (κ3) is 7.21. The first-order chi connectivity index (χ1) is 19.0. The number of ether oxygens (including phenoxy) is 1. The smallest absolute Gasteiger partial charge is 0.271 e. The summed E-state index contributed by atoms with van der Waals surface area (Å²) in [5.41, 5.74) is 1.86. The van der Waals surface area contributed by atoms with Gasteiger partial charge in [-0.15, -0.1) is 0 Å². The van der Waals surface area contributed by atoms with Gasteiger partial charge in [0.05, 0.1) is 7.11 Å². The van der Waals surface area contributed by atoms with Crippen LogP contribution >= 0.6 is 11.6 Å². The Morgan fingerprint density at radius 3 is 2.27 bits per heavy atom. The number of hydrogen-bond acceptors (Lipinski definition) is 4. The molecule has 0 radical (unpaired) electrons. The SMILES string of the molecule is COc1ccc(C(C(=O)NC(C)(C)C)N(CC(=O)NCc2ccc(Cl)cc2)C(=O)c2cc3ccccc3[nH]2)cc1. The Hall–Kier alpha value is -4.30. The van der Waals surface area contributed by atoms with Gasteiger partial charge in [0.25, 0.3) is 5.91 Å². The number of carbonyl (C=O) groups excluding carboxylic acids is 3. The molecule has 0 bridgehead atoms. The molecule has 3 amide bonds. The predicted octanol–water partition coefficient (Wildman–Crippen LogP) is 5.24. The van der Waals surface area contributed by atoms with Crippen LogP contribution in [0.4, 0.5) is 0 Å². The average Bonchev–Trinajstić information content (AvgIpc) is 3.36. The largest absolute Gasteiger partial charge is 0.497 e. The van der Waals surface area contributed by atoms with Gasteiger partial charge in [-0.25, -0.2) is 0 Å². The summed E-state index contributed by atoms with van der Waals surface area (Å²) in [7, 11) is 1.55. The van der Waals surface area contributed by atoms with Gasteiger partial charge in [0.1, 0.15) is 24.0 Å². The lowest BCUT2D eigenvalue weighted by Gasteiger charge is -2.33. The molecule has 4 aromatic rings. The number of hydrogen-bond donors (Lipinski definition) is 3. The molecule has 0 aliphatic carbocycles. The van der Waals surface area contributed by atoms with Gasteiger partial charge >= 0.3 is 0 Å². The van der Waals surface area contributed by atoms with Crippen molar-refractivity contribution in [2.75, 3.05) is 13.7 Å². The second-order valence-corrected chi connectivity index (χ2v) is 11.0. The number of benzene rings is 3. The van der Waals surface area contributed by atoms with Crippen LogP contribution in [0, 0.1) is 0 Å². The Labute approximate surface area is 238 Å². The van der Waals surface area contributed by atoms with Gasteiger partial charge in [-0.3, -0.25) is 14.4 Å². The molecule has 1 heterocycles. The van der Waals surface area contributed by atoms with Crippen LogP contribution < -0.4 is 15.4 Å². The second kappa shape index (κ2) is 12.3. The van der Waals surface area contributed by atoms with E-state index in [1.807, 2.05) is 57.2 Å². The van der Waals surface area contributed by atoms with Crippen molar-refractivity contribution in [3.8, 4) is 5.75 Å². The Kier molecular flexibility index (Phi) is 8.80. The van der Waals surface area contributed by atoms with Crippen molar-refractivity contribution in [3.63, 3.8) is 0 Å². The molecule has 40 heavy (non-hydrogen) atoms. The highest BCUT2D eigenvalue weighted by molar-refractivity contribution is 6.30. The van der Waals surface area contributed by atoms with Gasteiger partial charge < -0.3 is 25.3 Å². The van der Waals surface area contributed by atoms with Crippen LogP contribution in [0.25, 0.3) is 10.9 Å². The number of nitrogens with zero attached hydrogens (tertiary/aromatic N) is 1. The van der Waals surface area contributed by atoms with Crippen LogP contribution in [0.15, 0.2) is 78.9 Å². The number of amides is 3. The molecular weight excluding hydrogens is 528 g/mol. The number of nitrogens with one attached hydrogen (secondary N) is 3. The van der Waals surface area contributed by atoms with Gasteiger partial charge in [-0.1, -0.05) is 54.1 Å². The minimum absolute atomic E-state index is 0.242. The Morgan fingerprint density at radius 2 is 1.65 bits per heavy atom. The number of carbonyl (C=O) groups is 3. The maximum absolute atomic E-state index is 14.1. The molecule has 0 spiro atoms. The lowest BCUT2D eigenvalue weighted by molar-refractivity contribution is -0.129. The number of halogens is 1. The van der Waals surface area contributed by atoms with Crippen LogP contribution in [0.2, 0.25) is 5.02 Å². The summed E-state index contributed by atoms with van der Waals surface area (Å²) < 4.78 is 5.29. The number of para-hydroxylation sites is 1. The summed E-state index contributed by atoms with van der Waals surface area (Å²) >= 11 is 5.97. The maximum Gasteiger partial charge on any atom is 0.271 e. The lowest BCUT2D eigenvalue weighted by Crippen LogP contribution is -2.51. The van der Waals surface area contributed by atoms with Crippen molar-refractivity contribution in [2.45, 2.75) is 38.9 Å². The Balaban J connectivity index is 1.71. The number of methoxy groups -OCH3 is 1. The van der Waals surface area contributed by atoms with Crippen LogP contribution in [0.5, 0.6) is 5.75 Å². The number of aromatic nitrogens is 1. The molecule has 1 atom stereocenters. The number of H-pyrrole nitrogens is 1. The molecule has 1 unspecified atom stereocenters. The van der Waals surface area contributed by atoms with Crippen molar-refractivity contribution in [3.05, 3.63) is 101 Å². The molecule has 9 heteroatoms. The predicted molar refractivity (Wildman–Crippen MR) is 156 cm³/mol. The van der Waals surface area contributed by atoms with E-state index in [-0.39, 0.29) is 18.8 Å². The van der Waals surface area contributed by atoms with Gasteiger partial charge in [0.2, 0.25) is 11.8 Å². The molecule has 0 saturated carbocycles. The number of aromatic amines is 1. The van der Waals surface area contributed by atoms with Gasteiger partial charge in [-0.2, -0.15) is 0 Å². The first-order valence-electron chi connectivity index (χ1n) is 12.9.